The Bertz CT molecular complexity index is 1120. The van der Waals surface area contributed by atoms with Crippen LogP contribution in [0.2, 0.25) is 0 Å². The number of allylic oxidation sites excluding steroid dienone is 4. The van der Waals surface area contributed by atoms with Gasteiger partial charge in [0, 0.05) is 16.7 Å². The second-order valence-corrected chi connectivity index (χ2v) is 15.8. The fraction of sp³-hybridized carbons (Fsp3) is 0.774. The highest BCUT2D eigenvalue weighted by atomic mass is 127. The summed E-state index contributed by atoms with van der Waals surface area (Å²) in [6, 6.07) is 0. The lowest BCUT2D eigenvalue weighted by Crippen LogP contribution is -2.65. The Morgan fingerprint density at radius 3 is 2.25 bits per heavy atom. The molecule has 0 spiro atoms. The van der Waals surface area contributed by atoms with E-state index in [0.717, 1.165) is 48.5 Å². The van der Waals surface area contributed by atoms with Gasteiger partial charge in [0.1, 0.15) is 0 Å². The largest absolute Gasteiger partial charge is 0.469 e. The molecule has 0 heterocycles. The lowest BCUT2D eigenvalue weighted by Gasteiger charge is -2.69. The van der Waals surface area contributed by atoms with E-state index in [0.29, 0.717) is 0 Å². The molecule has 3 fully saturated rings. The van der Waals surface area contributed by atoms with E-state index in [2.05, 4.69) is 77.1 Å². The van der Waals surface area contributed by atoms with Crippen LogP contribution in [0.3, 0.4) is 0 Å². The minimum absolute atomic E-state index is 0.108. The Morgan fingerprint density at radius 1 is 0.972 bits per heavy atom. The standard InChI is InChI=1S/C31H43IO4/c1-26(2)22-9-10-31(7)23(29(22,5)17-20(32)24(26)34)21(33)15-18-19-16-28(4,25(35)36-8)12-11-27(19,3)13-14-30(18,31)6/h15,17,19,22-23H,9-14,16H2,1-8H3/t19-,22+,23-,27-,28+,29?,30-,31?/m1/s1. The molecule has 198 valence electrons. The molecule has 0 aromatic rings. The van der Waals surface area contributed by atoms with Crippen LogP contribution in [0.1, 0.15) is 93.4 Å². The summed E-state index contributed by atoms with van der Waals surface area (Å²) in [5.74, 6) is 0.555. The summed E-state index contributed by atoms with van der Waals surface area (Å²) >= 11 is 2.20. The molecule has 0 aromatic heterocycles. The molecule has 8 atom stereocenters. The number of ether oxygens (including phenoxy) is 1. The number of hydrogen-bond donors (Lipinski definition) is 0. The van der Waals surface area contributed by atoms with Crippen molar-refractivity contribution in [2.75, 3.05) is 7.11 Å². The van der Waals surface area contributed by atoms with Gasteiger partial charge in [-0.25, -0.2) is 0 Å². The third-order valence-corrected chi connectivity index (χ3v) is 13.3. The predicted octanol–water partition coefficient (Wildman–Crippen LogP) is 7.25. The van der Waals surface area contributed by atoms with Crippen LogP contribution >= 0.6 is 22.6 Å². The second-order valence-electron chi connectivity index (χ2n) is 14.6. The number of ketones is 2. The number of hydrogen-bond acceptors (Lipinski definition) is 4. The summed E-state index contributed by atoms with van der Waals surface area (Å²) in [5.41, 5.74) is -0.221. The molecule has 5 rings (SSSR count). The molecule has 0 bridgehead atoms. The van der Waals surface area contributed by atoms with Gasteiger partial charge in [-0.3, -0.25) is 14.4 Å². The summed E-state index contributed by atoms with van der Waals surface area (Å²) in [5, 5.41) is 0. The van der Waals surface area contributed by atoms with Crippen molar-refractivity contribution in [1.82, 2.24) is 0 Å². The summed E-state index contributed by atoms with van der Waals surface area (Å²) < 4.78 is 6.03. The van der Waals surface area contributed by atoms with E-state index in [1.165, 1.54) is 12.7 Å². The van der Waals surface area contributed by atoms with Gasteiger partial charge in [0.25, 0.3) is 0 Å². The van der Waals surface area contributed by atoms with Gasteiger partial charge in [0.2, 0.25) is 0 Å². The second kappa shape index (κ2) is 7.79. The summed E-state index contributed by atoms with van der Waals surface area (Å²) in [6.07, 6.45) is 10.9. The zero-order chi connectivity index (χ0) is 26.7. The zero-order valence-electron chi connectivity index (χ0n) is 23.3. The fourth-order valence-corrected chi connectivity index (χ4v) is 11.4. The van der Waals surface area contributed by atoms with Gasteiger partial charge in [0.05, 0.1) is 16.1 Å². The first-order valence-corrected chi connectivity index (χ1v) is 14.9. The number of Topliss-reactive ketones (excluding diaryl/α,β-unsaturated/α-hetero) is 1. The molecule has 5 aliphatic rings. The lowest BCUT2D eigenvalue weighted by atomic mass is 9.34. The fourth-order valence-electron chi connectivity index (χ4n) is 10.1. The van der Waals surface area contributed by atoms with Gasteiger partial charge in [0.15, 0.2) is 11.6 Å². The third kappa shape index (κ3) is 3.13. The maximum Gasteiger partial charge on any atom is 0.311 e. The van der Waals surface area contributed by atoms with Gasteiger partial charge in [-0.2, -0.15) is 0 Å². The van der Waals surface area contributed by atoms with Crippen LogP contribution in [0, 0.1) is 50.2 Å². The van der Waals surface area contributed by atoms with Crippen LogP contribution in [0.25, 0.3) is 0 Å². The van der Waals surface area contributed by atoms with Crippen LogP contribution in [-0.4, -0.2) is 24.6 Å². The molecule has 0 N–H and O–H groups in total. The minimum atomic E-state index is -0.505. The number of fused-ring (bicyclic) bond motifs is 7. The average molecular weight is 607 g/mol. The summed E-state index contributed by atoms with van der Waals surface area (Å²) in [7, 11) is 1.49. The highest BCUT2D eigenvalue weighted by Crippen LogP contribution is 2.74. The molecule has 36 heavy (non-hydrogen) atoms. The molecule has 5 heteroatoms. The van der Waals surface area contributed by atoms with Crippen molar-refractivity contribution in [2.45, 2.75) is 93.4 Å². The van der Waals surface area contributed by atoms with Gasteiger partial charge >= 0.3 is 5.97 Å². The highest BCUT2D eigenvalue weighted by Gasteiger charge is 2.70. The Morgan fingerprint density at radius 2 is 1.61 bits per heavy atom. The molecular formula is C31H43IO4. The van der Waals surface area contributed by atoms with Crippen LogP contribution < -0.4 is 0 Å². The molecule has 3 saturated carbocycles. The minimum Gasteiger partial charge on any atom is -0.469 e. The van der Waals surface area contributed by atoms with E-state index >= 15 is 0 Å². The van der Waals surface area contributed by atoms with Crippen LogP contribution in [-0.2, 0) is 19.1 Å². The Kier molecular flexibility index (Phi) is 5.76. The van der Waals surface area contributed by atoms with Crippen molar-refractivity contribution >= 4 is 40.1 Å². The first-order valence-electron chi connectivity index (χ1n) is 13.8. The molecule has 5 aliphatic carbocycles. The maximum atomic E-state index is 14.3. The molecular weight excluding hydrogens is 563 g/mol. The molecule has 0 amide bonds. The number of esters is 1. The predicted molar refractivity (Wildman–Crippen MR) is 149 cm³/mol. The average Bonchev–Trinajstić information content (AvgIpc) is 2.79. The van der Waals surface area contributed by atoms with Crippen LogP contribution in [0.15, 0.2) is 21.3 Å². The quantitative estimate of drug-likeness (QED) is 0.233. The van der Waals surface area contributed by atoms with E-state index in [-0.39, 0.29) is 56.9 Å². The Hall–Kier alpha value is -0.980. The van der Waals surface area contributed by atoms with Crippen LogP contribution in [0.5, 0.6) is 0 Å². The van der Waals surface area contributed by atoms with Gasteiger partial charge < -0.3 is 4.74 Å². The van der Waals surface area contributed by atoms with Crippen molar-refractivity contribution in [2.24, 2.45) is 50.2 Å². The van der Waals surface area contributed by atoms with Crippen molar-refractivity contribution in [3.8, 4) is 0 Å². The van der Waals surface area contributed by atoms with Gasteiger partial charge in [-0.1, -0.05) is 53.2 Å². The summed E-state index contributed by atoms with van der Waals surface area (Å²) in [4.78, 5) is 40.4. The van der Waals surface area contributed by atoms with Gasteiger partial charge in [-0.05, 0) is 109 Å². The number of carbonyl (C=O) groups is 3. The molecule has 0 saturated heterocycles. The molecule has 0 aromatic carbocycles. The smallest absolute Gasteiger partial charge is 0.311 e. The van der Waals surface area contributed by atoms with Crippen molar-refractivity contribution < 1.29 is 19.1 Å². The van der Waals surface area contributed by atoms with E-state index in [1.54, 1.807) is 0 Å². The first-order chi connectivity index (χ1) is 16.5. The normalized spacial score (nSPS) is 49.5. The number of rotatable bonds is 1. The first kappa shape index (κ1) is 26.6. The molecule has 0 aliphatic heterocycles. The Labute approximate surface area is 230 Å². The maximum absolute atomic E-state index is 14.3. The topological polar surface area (TPSA) is 60.4 Å². The number of methoxy groups -OCH3 is 1. The van der Waals surface area contributed by atoms with E-state index in [4.69, 9.17) is 4.74 Å². The SMILES string of the molecule is COC(=O)[C@@]1(C)CC[C@]2(C)CC[C@]3(C)C(=CC(=O)[C@@H]4C5(C)C=C(I)C(=O)C(C)(C)[C@@H]5CCC43C)[C@H]2C1. The molecule has 4 nitrogen and oxygen atoms in total. The summed E-state index contributed by atoms with van der Waals surface area (Å²) in [6.45, 7) is 15.7. The van der Waals surface area contributed by atoms with Crippen molar-refractivity contribution in [3.63, 3.8) is 0 Å². The lowest BCUT2D eigenvalue weighted by molar-refractivity contribution is -0.172. The Balaban J connectivity index is 1.65. The number of halogens is 1. The van der Waals surface area contributed by atoms with Crippen molar-refractivity contribution in [1.29, 1.82) is 0 Å². The van der Waals surface area contributed by atoms with Gasteiger partial charge in [-0.15, -0.1) is 0 Å². The van der Waals surface area contributed by atoms with E-state index in [9.17, 15) is 14.4 Å². The molecule has 2 unspecified atom stereocenters. The van der Waals surface area contributed by atoms with Crippen LogP contribution in [0.4, 0.5) is 0 Å². The van der Waals surface area contributed by atoms with E-state index < -0.39 is 10.8 Å². The highest BCUT2D eigenvalue weighted by molar-refractivity contribution is 14.1. The third-order valence-electron chi connectivity index (χ3n) is 12.5. The monoisotopic (exact) mass is 606 g/mol. The van der Waals surface area contributed by atoms with Crippen molar-refractivity contribution in [3.05, 3.63) is 21.3 Å². The number of carbonyl (C=O) groups excluding carboxylic acids is 3. The zero-order valence-corrected chi connectivity index (χ0v) is 25.5. The van der Waals surface area contributed by atoms with E-state index in [1.807, 2.05) is 6.08 Å². The molecule has 0 radical (unpaired) electrons.